The van der Waals surface area contributed by atoms with E-state index in [0.29, 0.717) is 11.3 Å². The first-order chi connectivity index (χ1) is 13.2. The van der Waals surface area contributed by atoms with Crippen molar-refractivity contribution < 1.29 is 4.39 Å². The number of H-pyrrole nitrogens is 1. The Kier molecular flexibility index (Phi) is 5.71. The van der Waals surface area contributed by atoms with Gasteiger partial charge in [0, 0.05) is 30.4 Å². The number of para-hydroxylation sites is 1. The lowest BCUT2D eigenvalue weighted by molar-refractivity contribution is 0.619. The molecule has 3 rings (SSSR count). The molecule has 0 aliphatic rings. The number of hydrogen-bond acceptors (Lipinski definition) is 5. The maximum Gasteiger partial charge on any atom is 0.227 e. The second-order valence-electron chi connectivity index (χ2n) is 6.01. The molecule has 7 heteroatoms. The van der Waals surface area contributed by atoms with Crippen molar-refractivity contribution in [3.8, 4) is 11.3 Å². The van der Waals surface area contributed by atoms with E-state index in [9.17, 15) is 4.39 Å². The van der Waals surface area contributed by atoms with Crippen molar-refractivity contribution in [3.63, 3.8) is 0 Å². The number of unbranched alkanes of at least 4 members (excludes halogenated alkanes) is 1. The van der Waals surface area contributed by atoms with Gasteiger partial charge in [0.05, 0.1) is 23.1 Å². The minimum atomic E-state index is -0.490. The summed E-state index contributed by atoms with van der Waals surface area (Å²) in [5, 5.41) is 7.02. The van der Waals surface area contributed by atoms with E-state index in [1.165, 1.54) is 6.20 Å². The van der Waals surface area contributed by atoms with Gasteiger partial charge in [0.15, 0.2) is 5.82 Å². The van der Waals surface area contributed by atoms with Gasteiger partial charge in [-0.05, 0) is 18.6 Å². The van der Waals surface area contributed by atoms with E-state index in [0.717, 1.165) is 35.6 Å². The van der Waals surface area contributed by atoms with Crippen LogP contribution in [-0.4, -0.2) is 22.0 Å². The highest BCUT2D eigenvalue weighted by atomic mass is 19.1. The van der Waals surface area contributed by atoms with Gasteiger partial charge in [0.25, 0.3) is 0 Å². The van der Waals surface area contributed by atoms with Crippen LogP contribution in [0.25, 0.3) is 22.2 Å². The molecule has 0 atom stereocenters. The van der Waals surface area contributed by atoms with Gasteiger partial charge in [0.2, 0.25) is 5.95 Å². The molecule has 2 heterocycles. The SMILES string of the molecule is CCC/C=C\C(=C/N)Nc1ncc(F)c(-c2c[nH]c3c(NC)cccc23)n1. The summed E-state index contributed by atoms with van der Waals surface area (Å²) in [6.45, 7) is 2.10. The molecular weight excluding hydrogens is 343 g/mol. The average molecular weight is 366 g/mol. The standard InChI is InChI=1S/C20H23FN6/c1-3-4-5-7-13(10-22)26-20-25-12-16(21)18(27-20)15-11-24-19-14(15)8-6-9-17(19)23-2/h5-12,23-24H,3-4,22H2,1-2H3,(H,25,26,27)/b7-5-,13-10+. The van der Waals surface area contributed by atoms with E-state index < -0.39 is 5.82 Å². The Morgan fingerprint density at radius 2 is 2.22 bits per heavy atom. The van der Waals surface area contributed by atoms with Crippen molar-refractivity contribution in [1.29, 1.82) is 0 Å². The maximum absolute atomic E-state index is 14.5. The summed E-state index contributed by atoms with van der Waals surface area (Å²) in [4.78, 5) is 11.6. The minimum Gasteiger partial charge on any atom is -0.403 e. The van der Waals surface area contributed by atoms with Crippen LogP contribution in [0.3, 0.4) is 0 Å². The number of nitrogens with zero attached hydrogens (tertiary/aromatic N) is 2. The second-order valence-corrected chi connectivity index (χ2v) is 6.01. The molecule has 6 nitrogen and oxygen atoms in total. The third-order valence-electron chi connectivity index (χ3n) is 4.17. The second kappa shape index (κ2) is 8.35. The first-order valence-corrected chi connectivity index (χ1v) is 8.84. The van der Waals surface area contributed by atoms with E-state index in [2.05, 4.69) is 32.5 Å². The number of aromatic nitrogens is 3. The molecule has 0 amide bonds. The summed E-state index contributed by atoms with van der Waals surface area (Å²) >= 11 is 0. The lowest BCUT2D eigenvalue weighted by atomic mass is 10.1. The van der Waals surface area contributed by atoms with Gasteiger partial charge >= 0.3 is 0 Å². The van der Waals surface area contributed by atoms with Crippen LogP contribution in [0.2, 0.25) is 0 Å². The molecule has 0 bridgehead atoms. The van der Waals surface area contributed by atoms with Gasteiger partial charge in [-0.3, -0.25) is 0 Å². The lowest BCUT2D eigenvalue weighted by Crippen LogP contribution is -2.05. The van der Waals surface area contributed by atoms with E-state index in [1.54, 1.807) is 6.20 Å². The van der Waals surface area contributed by atoms with E-state index >= 15 is 0 Å². The number of hydrogen-bond donors (Lipinski definition) is 4. The fourth-order valence-electron chi connectivity index (χ4n) is 2.82. The summed E-state index contributed by atoms with van der Waals surface area (Å²) in [6.07, 6.45) is 10.2. The largest absolute Gasteiger partial charge is 0.403 e. The molecule has 0 saturated carbocycles. The Morgan fingerprint density at radius 3 is 2.96 bits per heavy atom. The molecule has 0 radical (unpaired) electrons. The minimum absolute atomic E-state index is 0.223. The molecule has 0 spiro atoms. The Balaban J connectivity index is 1.97. The average Bonchev–Trinajstić information content (AvgIpc) is 3.12. The number of nitrogens with two attached hydrogens (primary N) is 1. The number of halogens is 1. The summed E-state index contributed by atoms with van der Waals surface area (Å²) in [5.41, 5.74) is 9.03. The van der Waals surface area contributed by atoms with Crippen LogP contribution in [0.4, 0.5) is 16.0 Å². The molecule has 1 aromatic carbocycles. The summed E-state index contributed by atoms with van der Waals surface area (Å²) in [5.74, 6) is -0.209. The third kappa shape index (κ3) is 3.92. The highest BCUT2D eigenvalue weighted by Gasteiger charge is 2.15. The van der Waals surface area contributed by atoms with E-state index in [1.807, 2.05) is 37.4 Å². The van der Waals surface area contributed by atoms with Crippen LogP contribution >= 0.6 is 0 Å². The number of anilines is 2. The third-order valence-corrected chi connectivity index (χ3v) is 4.17. The number of benzene rings is 1. The fourth-order valence-corrected chi connectivity index (χ4v) is 2.82. The van der Waals surface area contributed by atoms with Crippen molar-refractivity contribution in [1.82, 2.24) is 15.0 Å². The molecule has 5 N–H and O–H groups in total. The predicted molar refractivity (Wildman–Crippen MR) is 109 cm³/mol. The van der Waals surface area contributed by atoms with Gasteiger partial charge in [-0.2, -0.15) is 0 Å². The van der Waals surface area contributed by atoms with Gasteiger partial charge in [-0.1, -0.05) is 31.6 Å². The molecule has 0 aliphatic heterocycles. The van der Waals surface area contributed by atoms with Crippen molar-refractivity contribution in [2.45, 2.75) is 19.8 Å². The van der Waals surface area contributed by atoms with Gasteiger partial charge < -0.3 is 21.4 Å². The first kappa shape index (κ1) is 18.4. The van der Waals surface area contributed by atoms with Crippen LogP contribution in [0.5, 0.6) is 0 Å². The maximum atomic E-state index is 14.5. The monoisotopic (exact) mass is 366 g/mol. The van der Waals surface area contributed by atoms with Crippen molar-refractivity contribution in [2.24, 2.45) is 5.73 Å². The number of nitrogens with one attached hydrogen (secondary N) is 3. The van der Waals surface area contributed by atoms with Crippen molar-refractivity contribution in [3.05, 3.63) is 60.5 Å². The van der Waals surface area contributed by atoms with Crippen molar-refractivity contribution >= 4 is 22.5 Å². The highest BCUT2D eigenvalue weighted by Crippen LogP contribution is 2.32. The van der Waals surface area contributed by atoms with E-state index in [4.69, 9.17) is 5.73 Å². The molecule has 3 aromatic rings. The lowest BCUT2D eigenvalue weighted by Gasteiger charge is -2.08. The van der Waals surface area contributed by atoms with Crippen LogP contribution < -0.4 is 16.4 Å². The zero-order valence-electron chi connectivity index (χ0n) is 15.4. The molecule has 0 unspecified atom stereocenters. The summed E-state index contributed by atoms with van der Waals surface area (Å²) in [6, 6.07) is 5.79. The normalized spacial score (nSPS) is 12.0. The van der Waals surface area contributed by atoms with Crippen LogP contribution in [-0.2, 0) is 0 Å². The zero-order valence-corrected chi connectivity index (χ0v) is 15.4. The highest BCUT2D eigenvalue weighted by molar-refractivity contribution is 6.01. The zero-order chi connectivity index (χ0) is 19.2. The topological polar surface area (TPSA) is 91.6 Å². The van der Waals surface area contributed by atoms with Gasteiger partial charge in [-0.15, -0.1) is 0 Å². The Labute approximate surface area is 157 Å². The van der Waals surface area contributed by atoms with Crippen LogP contribution in [0, 0.1) is 5.82 Å². The van der Waals surface area contributed by atoms with Crippen LogP contribution in [0.15, 0.2) is 54.6 Å². The van der Waals surface area contributed by atoms with Crippen molar-refractivity contribution in [2.75, 3.05) is 17.7 Å². The Morgan fingerprint density at radius 1 is 1.37 bits per heavy atom. The Hall–Kier alpha value is -3.35. The number of allylic oxidation sites excluding steroid dienone is 2. The van der Waals surface area contributed by atoms with Crippen LogP contribution in [0.1, 0.15) is 19.8 Å². The molecule has 27 heavy (non-hydrogen) atoms. The van der Waals surface area contributed by atoms with Gasteiger partial charge in [0.1, 0.15) is 5.69 Å². The molecular formula is C20H23FN6. The summed E-state index contributed by atoms with van der Waals surface area (Å²) in [7, 11) is 1.84. The predicted octanol–water partition coefficient (Wildman–Crippen LogP) is 4.37. The number of rotatable bonds is 7. The molecule has 0 saturated heterocycles. The smallest absolute Gasteiger partial charge is 0.227 e. The van der Waals surface area contributed by atoms with Gasteiger partial charge in [-0.25, -0.2) is 14.4 Å². The molecule has 0 fully saturated rings. The first-order valence-electron chi connectivity index (χ1n) is 8.84. The number of aromatic amines is 1. The molecule has 140 valence electrons. The fraction of sp³-hybridized carbons (Fsp3) is 0.200. The molecule has 2 aromatic heterocycles. The Bertz CT molecular complexity index is 989. The van der Waals surface area contributed by atoms with E-state index in [-0.39, 0.29) is 11.6 Å². The quantitative estimate of drug-likeness (QED) is 0.466. The molecule has 0 aliphatic carbocycles. The summed E-state index contributed by atoms with van der Waals surface area (Å²) < 4.78 is 14.5. The number of fused-ring (bicyclic) bond motifs is 1.